The van der Waals surface area contributed by atoms with Crippen molar-refractivity contribution in [3.05, 3.63) is 24.0 Å². The molecule has 0 aromatic carbocycles. The minimum atomic E-state index is 0.728. The zero-order valence-electron chi connectivity index (χ0n) is 7.09. The van der Waals surface area contributed by atoms with Crippen molar-refractivity contribution in [3.8, 4) is 0 Å². The molecule has 0 aliphatic heterocycles. The largest absolute Gasteiger partial charge is 0.350 e. The molecule has 1 aromatic heterocycles. The smallest absolute Gasteiger partial charge is 0.0345 e. The van der Waals surface area contributed by atoms with E-state index in [0.29, 0.717) is 0 Å². The maximum Gasteiger partial charge on any atom is 0.0345 e. The number of aromatic nitrogens is 1. The molecule has 0 fully saturated rings. The van der Waals surface area contributed by atoms with Crippen LogP contribution < -0.4 is 5.73 Å². The molecule has 0 bridgehead atoms. The van der Waals surface area contributed by atoms with E-state index < -0.39 is 0 Å². The summed E-state index contributed by atoms with van der Waals surface area (Å²) in [5, 5.41) is 0. The second kappa shape index (κ2) is 4.19. The Morgan fingerprint density at radius 1 is 1.55 bits per heavy atom. The average molecular weight is 152 g/mol. The van der Waals surface area contributed by atoms with Crippen LogP contribution in [0.3, 0.4) is 0 Å². The summed E-state index contributed by atoms with van der Waals surface area (Å²) in [6.07, 6.45) is 4.46. The van der Waals surface area contributed by atoms with Gasteiger partial charge < -0.3 is 10.3 Å². The molecular weight excluding hydrogens is 136 g/mol. The summed E-state index contributed by atoms with van der Waals surface area (Å²) < 4.78 is 2.23. The van der Waals surface area contributed by atoms with Crippen LogP contribution in [0.1, 0.15) is 19.0 Å². The summed E-state index contributed by atoms with van der Waals surface area (Å²) in [4.78, 5) is 0. The monoisotopic (exact) mass is 152 g/mol. The van der Waals surface area contributed by atoms with Gasteiger partial charge in [0.2, 0.25) is 0 Å². The summed E-state index contributed by atoms with van der Waals surface area (Å²) in [5.74, 6) is 0. The van der Waals surface area contributed by atoms with E-state index in [1.54, 1.807) is 0 Å². The molecule has 0 saturated carbocycles. The predicted octanol–water partition coefficient (Wildman–Crippen LogP) is 1.40. The molecule has 0 aliphatic carbocycles. The van der Waals surface area contributed by atoms with Crippen molar-refractivity contribution in [2.75, 3.05) is 6.54 Å². The van der Waals surface area contributed by atoms with Crippen LogP contribution in [-0.4, -0.2) is 11.1 Å². The minimum Gasteiger partial charge on any atom is -0.350 e. The molecule has 2 N–H and O–H groups in total. The van der Waals surface area contributed by atoms with Gasteiger partial charge in [0.05, 0.1) is 0 Å². The number of aryl methyl sites for hydroxylation is 1. The highest BCUT2D eigenvalue weighted by Crippen LogP contribution is 2.04. The van der Waals surface area contributed by atoms with E-state index in [-0.39, 0.29) is 0 Å². The first kappa shape index (κ1) is 8.34. The molecule has 0 spiro atoms. The van der Waals surface area contributed by atoms with Crippen LogP contribution in [0.25, 0.3) is 0 Å². The predicted molar refractivity (Wildman–Crippen MR) is 47.5 cm³/mol. The Balaban J connectivity index is 2.62. The molecule has 1 heterocycles. The Labute approximate surface area is 68.0 Å². The first-order chi connectivity index (χ1) is 5.38. The first-order valence-corrected chi connectivity index (χ1v) is 4.22. The van der Waals surface area contributed by atoms with Crippen LogP contribution in [0.15, 0.2) is 18.3 Å². The van der Waals surface area contributed by atoms with Crippen molar-refractivity contribution in [1.29, 1.82) is 0 Å². The Kier molecular flexibility index (Phi) is 3.17. The molecule has 1 aromatic rings. The summed E-state index contributed by atoms with van der Waals surface area (Å²) in [6, 6.07) is 4.25. The molecule has 11 heavy (non-hydrogen) atoms. The second-order valence-electron chi connectivity index (χ2n) is 2.73. The van der Waals surface area contributed by atoms with E-state index in [4.69, 9.17) is 5.73 Å². The lowest BCUT2D eigenvalue weighted by Gasteiger charge is -2.05. The Morgan fingerprint density at radius 3 is 3.00 bits per heavy atom. The lowest BCUT2D eigenvalue weighted by Crippen LogP contribution is -2.11. The van der Waals surface area contributed by atoms with Gasteiger partial charge in [0, 0.05) is 25.0 Å². The highest BCUT2D eigenvalue weighted by molar-refractivity contribution is 5.07. The summed E-state index contributed by atoms with van der Waals surface area (Å²) in [7, 11) is 0. The number of nitrogens with zero attached hydrogens (tertiary/aromatic N) is 1. The SMILES string of the molecule is CCCc1cccn1CCN. The van der Waals surface area contributed by atoms with Gasteiger partial charge in [0.15, 0.2) is 0 Å². The van der Waals surface area contributed by atoms with Crippen molar-refractivity contribution in [2.24, 2.45) is 5.73 Å². The fourth-order valence-corrected chi connectivity index (χ4v) is 1.29. The molecular formula is C9H16N2. The molecule has 0 amide bonds. The van der Waals surface area contributed by atoms with Gasteiger partial charge in [-0.3, -0.25) is 0 Å². The molecule has 0 radical (unpaired) electrons. The lowest BCUT2D eigenvalue weighted by molar-refractivity contribution is 0.665. The topological polar surface area (TPSA) is 30.9 Å². The van der Waals surface area contributed by atoms with E-state index in [9.17, 15) is 0 Å². The Morgan fingerprint density at radius 2 is 2.36 bits per heavy atom. The summed E-state index contributed by atoms with van der Waals surface area (Å²) in [5.41, 5.74) is 6.86. The maximum atomic E-state index is 5.46. The molecule has 0 unspecified atom stereocenters. The van der Waals surface area contributed by atoms with Gasteiger partial charge in [-0.1, -0.05) is 13.3 Å². The van der Waals surface area contributed by atoms with Crippen LogP contribution in [0.5, 0.6) is 0 Å². The highest BCUT2D eigenvalue weighted by atomic mass is 15.0. The van der Waals surface area contributed by atoms with E-state index in [1.165, 1.54) is 12.1 Å². The number of hydrogen-bond acceptors (Lipinski definition) is 1. The van der Waals surface area contributed by atoms with Crippen molar-refractivity contribution in [3.63, 3.8) is 0 Å². The highest BCUT2D eigenvalue weighted by Gasteiger charge is 1.96. The van der Waals surface area contributed by atoms with Crippen LogP contribution in [0.4, 0.5) is 0 Å². The molecule has 0 atom stereocenters. The van der Waals surface area contributed by atoms with Crippen molar-refractivity contribution >= 4 is 0 Å². The van der Waals surface area contributed by atoms with Gasteiger partial charge >= 0.3 is 0 Å². The normalized spacial score (nSPS) is 10.4. The van der Waals surface area contributed by atoms with Gasteiger partial charge in [-0.2, -0.15) is 0 Å². The summed E-state index contributed by atoms with van der Waals surface area (Å²) in [6.45, 7) is 3.87. The summed E-state index contributed by atoms with van der Waals surface area (Å²) >= 11 is 0. The van der Waals surface area contributed by atoms with Gasteiger partial charge in [0.1, 0.15) is 0 Å². The third kappa shape index (κ3) is 2.09. The van der Waals surface area contributed by atoms with Crippen LogP contribution in [-0.2, 0) is 13.0 Å². The van der Waals surface area contributed by atoms with Gasteiger partial charge in [0.25, 0.3) is 0 Å². The second-order valence-corrected chi connectivity index (χ2v) is 2.73. The first-order valence-electron chi connectivity index (χ1n) is 4.22. The molecule has 1 rings (SSSR count). The van der Waals surface area contributed by atoms with Crippen molar-refractivity contribution < 1.29 is 0 Å². The Hall–Kier alpha value is -0.760. The fraction of sp³-hybridized carbons (Fsp3) is 0.556. The standard InChI is InChI=1S/C9H16N2/c1-2-4-9-5-3-7-11(9)8-6-10/h3,5,7H,2,4,6,8,10H2,1H3. The zero-order chi connectivity index (χ0) is 8.10. The van der Waals surface area contributed by atoms with Gasteiger partial charge in [-0.25, -0.2) is 0 Å². The lowest BCUT2D eigenvalue weighted by atomic mass is 10.2. The van der Waals surface area contributed by atoms with E-state index >= 15 is 0 Å². The number of hydrogen-bond donors (Lipinski definition) is 1. The van der Waals surface area contributed by atoms with Crippen molar-refractivity contribution in [2.45, 2.75) is 26.3 Å². The van der Waals surface area contributed by atoms with Crippen LogP contribution in [0, 0.1) is 0 Å². The molecule has 2 heteroatoms. The third-order valence-corrected chi connectivity index (χ3v) is 1.80. The van der Waals surface area contributed by atoms with Crippen LogP contribution >= 0.6 is 0 Å². The minimum absolute atomic E-state index is 0.728. The fourth-order valence-electron chi connectivity index (χ4n) is 1.29. The zero-order valence-corrected chi connectivity index (χ0v) is 7.09. The molecule has 2 nitrogen and oxygen atoms in total. The van der Waals surface area contributed by atoms with E-state index in [2.05, 4.69) is 29.8 Å². The van der Waals surface area contributed by atoms with Crippen LogP contribution in [0.2, 0.25) is 0 Å². The number of nitrogens with two attached hydrogens (primary N) is 1. The Bertz CT molecular complexity index is 183. The third-order valence-electron chi connectivity index (χ3n) is 1.80. The van der Waals surface area contributed by atoms with Gasteiger partial charge in [-0.15, -0.1) is 0 Å². The van der Waals surface area contributed by atoms with E-state index in [0.717, 1.165) is 19.5 Å². The molecule has 0 saturated heterocycles. The maximum absolute atomic E-state index is 5.46. The van der Waals surface area contributed by atoms with Crippen molar-refractivity contribution in [1.82, 2.24) is 4.57 Å². The quantitative estimate of drug-likeness (QED) is 0.694. The van der Waals surface area contributed by atoms with Gasteiger partial charge in [-0.05, 0) is 18.6 Å². The number of rotatable bonds is 4. The van der Waals surface area contributed by atoms with E-state index in [1.807, 2.05) is 0 Å². The average Bonchev–Trinajstić information content (AvgIpc) is 2.39. The molecule has 62 valence electrons. The molecule has 0 aliphatic rings.